The molecule has 2 aromatic heterocycles. The van der Waals surface area contributed by atoms with Crippen molar-refractivity contribution in [2.75, 3.05) is 19.6 Å². The summed E-state index contributed by atoms with van der Waals surface area (Å²) < 4.78 is 7.20. The summed E-state index contributed by atoms with van der Waals surface area (Å²) in [5, 5.41) is 11.0. The number of ether oxygens (including phenoxy) is 1. The van der Waals surface area contributed by atoms with Crippen LogP contribution in [0.5, 0.6) is 0 Å². The first kappa shape index (κ1) is 16.6. The highest BCUT2D eigenvalue weighted by Gasteiger charge is 2.24. The second-order valence-corrected chi connectivity index (χ2v) is 7.64. The summed E-state index contributed by atoms with van der Waals surface area (Å²) in [5.74, 6) is 0. The number of fused-ring (bicyclic) bond motifs is 1. The smallest absolute Gasteiger partial charge is 0.262 e. The molecule has 126 valence electrons. The standard InChI is InChI=1S/C16H23N3O3S/c1-10-5-18(6-11(2)22-10)7-13(20)8-19-9-17-15-14(16(19)21)4-12(3)23-15/h4,9-11,13,20H,5-8H2,1-3H3. The Hall–Kier alpha value is -1.28. The molecule has 3 heterocycles. The van der Waals surface area contributed by atoms with Crippen LogP contribution in [0.4, 0.5) is 0 Å². The van der Waals surface area contributed by atoms with Gasteiger partial charge in [0, 0.05) is 24.5 Å². The molecule has 0 bridgehead atoms. The first-order valence-corrected chi connectivity index (χ1v) is 8.75. The van der Waals surface area contributed by atoms with Crippen LogP contribution in [0.15, 0.2) is 17.2 Å². The molecule has 0 aromatic carbocycles. The topological polar surface area (TPSA) is 67.6 Å². The molecule has 1 saturated heterocycles. The zero-order valence-corrected chi connectivity index (χ0v) is 14.5. The van der Waals surface area contributed by atoms with E-state index in [0.717, 1.165) is 22.8 Å². The monoisotopic (exact) mass is 337 g/mol. The maximum absolute atomic E-state index is 12.5. The quantitative estimate of drug-likeness (QED) is 0.909. The molecule has 6 nitrogen and oxygen atoms in total. The van der Waals surface area contributed by atoms with Crippen molar-refractivity contribution in [3.05, 3.63) is 27.6 Å². The van der Waals surface area contributed by atoms with E-state index < -0.39 is 6.10 Å². The van der Waals surface area contributed by atoms with Crippen molar-refractivity contribution in [2.24, 2.45) is 0 Å². The number of aromatic nitrogens is 2. The van der Waals surface area contributed by atoms with Gasteiger partial charge in [-0.3, -0.25) is 14.3 Å². The van der Waals surface area contributed by atoms with Gasteiger partial charge in [-0.25, -0.2) is 4.98 Å². The van der Waals surface area contributed by atoms with Crippen LogP contribution in [-0.2, 0) is 11.3 Å². The molecule has 7 heteroatoms. The predicted octanol–water partition coefficient (Wildman–Crippen LogP) is 1.24. The molecule has 23 heavy (non-hydrogen) atoms. The molecule has 2 aromatic rings. The lowest BCUT2D eigenvalue weighted by molar-refractivity contribution is -0.0773. The number of thiophene rings is 1. The molecule has 3 rings (SSSR count). The van der Waals surface area contributed by atoms with Crippen molar-refractivity contribution in [3.63, 3.8) is 0 Å². The van der Waals surface area contributed by atoms with Crippen molar-refractivity contribution in [3.8, 4) is 0 Å². The third-order valence-corrected chi connectivity index (χ3v) is 4.97. The number of hydrogen-bond acceptors (Lipinski definition) is 6. The average Bonchev–Trinajstić information content (AvgIpc) is 2.82. The van der Waals surface area contributed by atoms with Crippen LogP contribution < -0.4 is 5.56 Å². The molecule has 3 unspecified atom stereocenters. The number of rotatable bonds is 4. The fourth-order valence-corrected chi connectivity index (χ4v) is 4.06. The highest BCUT2D eigenvalue weighted by molar-refractivity contribution is 7.18. The Balaban J connectivity index is 1.69. The highest BCUT2D eigenvalue weighted by Crippen LogP contribution is 2.19. The fourth-order valence-electron chi connectivity index (χ4n) is 3.23. The van der Waals surface area contributed by atoms with Crippen molar-refractivity contribution in [2.45, 2.75) is 45.6 Å². The Kier molecular flexibility index (Phi) is 4.82. The Morgan fingerprint density at radius 2 is 2.09 bits per heavy atom. The van der Waals surface area contributed by atoms with Gasteiger partial charge in [-0.1, -0.05) is 0 Å². The second kappa shape index (κ2) is 6.68. The summed E-state index contributed by atoms with van der Waals surface area (Å²) in [4.78, 5) is 20.8. The summed E-state index contributed by atoms with van der Waals surface area (Å²) in [6.45, 7) is 8.44. The molecule has 0 saturated carbocycles. The predicted molar refractivity (Wildman–Crippen MR) is 91.1 cm³/mol. The van der Waals surface area contributed by atoms with Crippen LogP contribution in [0, 0.1) is 6.92 Å². The van der Waals surface area contributed by atoms with Crippen molar-refractivity contribution < 1.29 is 9.84 Å². The summed E-state index contributed by atoms with van der Waals surface area (Å²) in [7, 11) is 0. The van der Waals surface area contributed by atoms with E-state index in [2.05, 4.69) is 9.88 Å². The number of aliphatic hydroxyl groups is 1. The lowest BCUT2D eigenvalue weighted by atomic mass is 10.2. The molecular formula is C16H23N3O3S. The van der Waals surface area contributed by atoms with Gasteiger partial charge in [-0.2, -0.15) is 0 Å². The van der Waals surface area contributed by atoms with E-state index in [-0.39, 0.29) is 24.3 Å². The van der Waals surface area contributed by atoms with Crippen molar-refractivity contribution >= 4 is 21.6 Å². The number of β-amino-alcohol motifs (C(OH)–C–C–N with tert-alkyl or cyclic N) is 1. The number of nitrogens with zero attached hydrogens (tertiary/aromatic N) is 3. The van der Waals surface area contributed by atoms with Gasteiger partial charge in [0.25, 0.3) is 5.56 Å². The van der Waals surface area contributed by atoms with Crippen molar-refractivity contribution in [1.29, 1.82) is 0 Å². The van der Waals surface area contributed by atoms with E-state index in [1.807, 2.05) is 26.8 Å². The number of aliphatic hydroxyl groups excluding tert-OH is 1. The zero-order chi connectivity index (χ0) is 16.6. The SMILES string of the molecule is Cc1cc2c(=O)n(CC(O)CN3CC(C)OC(C)C3)cnc2s1. The molecule has 1 aliphatic rings. The Bertz CT molecular complexity index is 732. The highest BCUT2D eigenvalue weighted by atomic mass is 32.1. The summed E-state index contributed by atoms with van der Waals surface area (Å²) in [6.07, 6.45) is 1.26. The van der Waals surface area contributed by atoms with Gasteiger partial charge in [0.1, 0.15) is 4.83 Å². The first-order valence-electron chi connectivity index (χ1n) is 7.94. The maximum atomic E-state index is 12.5. The number of hydrogen-bond donors (Lipinski definition) is 1. The molecule has 1 aliphatic heterocycles. The number of aryl methyl sites for hydroxylation is 1. The largest absolute Gasteiger partial charge is 0.390 e. The Labute approximate surface area is 139 Å². The van der Waals surface area contributed by atoms with Crippen molar-refractivity contribution in [1.82, 2.24) is 14.5 Å². The third-order valence-electron chi connectivity index (χ3n) is 4.01. The fraction of sp³-hybridized carbons (Fsp3) is 0.625. The summed E-state index contributed by atoms with van der Waals surface area (Å²) in [5.41, 5.74) is -0.0814. The van der Waals surface area contributed by atoms with Crippen LogP contribution in [0.3, 0.4) is 0 Å². The van der Waals surface area contributed by atoms with E-state index in [4.69, 9.17) is 4.74 Å². The van der Waals surface area contributed by atoms with Gasteiger partial charge in [-0.15, -0.1) is 11.3 Å². The van der Waals surface area contributed by atoms with E-state index in [1.165, 1.54) is 22.2 Å². The summed E-state index contributed by atoms with van der Waals surface area (Å²) >= 11 is 1.51. The van der Waals surface area contributed by atoms with Gasteiger partial charge in [0.15, 0.2) is 0 Å². The molecule has 0 aliphatic carbocycles. The normalized spacial score (nSPS) is 24.2. The molecule has 0 amide bonds. The lowest BCUT2D eigenvalue weighted by Crippen LogP contribution is -2.48. The van der Waals surface area contributed by atoms with Crippen LogP contribution in [-0.4, -0.2) is 57.5 Å². The van der Waals surface area contributed by atoms with E-state index in [0.29, 0.717) is 11.9 Å². The zero-order valence-electron chi connectivity index (χ0n) is 13.7. The molecule has 1 N–H and O–H groups in total. The van der Waals surface area contributed by atoms with E-state index >= 15 is 0 Å². The van der Waals surface area contributed by atoms with Gasteiger partial charge >= 0.3 is 0 Å². The van der Waals surface area contributed by atoms with Crippen LogP contribution in [0.25, 0.3) is 10.2 Å². The van der Waals surface area contributed by atoms with Crippen LogP contribution >= 0.6 is 11.3 Å². The molecule has 0 radical (unpaired) electrons. The molecule has 1 fully saturated rings. The lowest BCUT2D eigenvalue weighted by Gasteiger charge is -2.36. The minimum Gasteiger partial charge on any atom is -0.390 e. The molecule has 0 spiro atoms. The first-order chi connectivity index (χ1) is 10.9. The maximum Gasteiger partial charge on any atom is 0.262 e. The average molecular weight is 337 g/mol. The Morgan fingerprint density at radius 1 is 1.39 bits per heavy atom. The minimum atomic E-state index is -0.607. The van der Waals surface area contributed by atoms with Gasteiger partial charge in [0.05, 0.1) is 36.6 Å². The van der Waals surface area contributed by atoms with Gasteiger partial charge in [-0.05, 0) is 26.8 Å². The molecular weight excluding hydrogens is 314 g/mol. The summed E-state index contributed by atoms with van der Waals surface area (Å²) in [6, 6.07) is 1.86. The number of morpholine rings is 1. The molecule has 3 atom stereocenters. The van der Waals surface area contributed by atoms with E-state index in [9.17, 15) is 9.90 Å². The van der Waals surface area contributed by atoms with Crippen LogP contribution in [0.2, 0.25) is 0 Å². The van der Waals surface area contributed by atoms with Crippen LogP contribution in [0.1, 0.15) is 18.7 Å². The second-order valence-electron chi connectivity index (χ2n) is 6.41. The minimum absolute atomic E-state index is 0.0814. The van der Waals surface area contributed by atoms with Gasteiger partial charge < -0.3 is 9.84 Å². The third kappa shape index (κ3) is 3.80. The Morgan fingerprint density at radius 3 is 2.78 bits per heavy atom. The van der Waals surface area contributed by atoms with Gasteiger partial charge in [0.2, 0.25) is 0 Å². The van der Waals surface area contributed by atoms with E-state index in [1.54, 1.807) is 0 Å².